The summed E-state index contributed by atoms with van der Waals surface area (Å²) in [6, 6.07) is 12.6. The number of rotatable bonds is 8. The lowest BCUT2D eigenvalue weighted by molar-refractivity contribution is 0.0921. The second kappa shape index (κ2) is 11.6. The highest BCUT2D eigenvalue weighted by Gasteiger charge is 2.24. The second-order valence-electron chi connectivity index (χ2n) is 9.12. The van der Waals surface area contributed by atoms with Crippen molar-refractivity contribution in [1.29, 1.82) is 0 Å². The van der Waals surface area contributed by atoms with Gasteiger partial charge in [0.2, 0.25) is 0 Å². The first-order valence-corrected chi connectivity index (χ1v) is 12.2. The standard InChI is InChI=1S/C26H37N3O4/c1-20(19-31-2)33-24-9-7-21(8-10-24)16-22-6-4-3-5-11-29(22)25-17-23(18-26(30)27-25)28-12-14-32-15-13-28/h7-10,17-18,20,22H,3-6,11-16,19H2,1-2H3,(H,27,30)/t20-,22?/m1/s1. The fourth-order valence-corrected chi connectivity index (χ4v) is 4.86. The maximum atomic E-state index is 12.6. The van der Waals surface area contributed by atoms with Crippen LogP contribution in [0.5, 0.6) is 5.75 Å². The van der Waals surface area contributed by atoms with Crippen LogP contribution < -0.4 is 20.1 Å². The Morgan fingerprint density at radius 1 is 1.09 bits per heavy atom. The molecule has 1 aromatic carbocycles. The van der Waals surface area contributed by atoms with Gasteiger partial charge in [-0.2, -0.15) is 0 Å². The number of H-pyrrole nitrogens is 1. The zero-order valence-corrected chi connectivity index (χ0v) is 19.9. The van der Waals surface area contributed by atoms with Crippen molar-refractivity contribution in [2.75, 3.05) is 56.4 Å². The molecular formula is C26H37N3O4. The average Bonchev–Trinajstić information content (AvgIpc) is 3.06. The van der Waals surface area contributed by atoms with E-state index >= 15 is 0 Å². The number of hydrogen-bond donors (Lipinski definition) is 1. The van der Waals surface area contributed by atoms with Crippen LogP contribution in [0.4, 0.5) is 11.5 Å². The molecule has 7 nitrogen and oxygen atoms in total. The molecule has 1 N–H and O–H groups in total. The van der Waals surface area contributed by atoms with Crippen molar-refractivity contribution in [3.8, 4) is 5.75 Å². The van der Waals surface area contributed by atoms with Gasteiger partial charge >= 0.3 is 0 Å². The molecule has 2 atom stereocenters. The van der Waals surface area contributed by atoms with Crippen LogP contribution >= 0.6 is 0 Å². The van der Waals surface area contributed by atoms with Gasteiger partial charge in [0, 0.05) is 50.6 Å². The van der Waals surface area contributed by atoms with Gasteiger partial charge in [-0.1, -0.05) is 25.0 Å². The van der Waals surface area contributed by atoms with Gasteiger partial charge < -0.3 is 29.0 Å². The van der Waals surface area contributed by atoms with Crippen LogP contribution in [0.1, 0.15) is 38.2 Å². The van der Waals surface area contributed by atoms with Crippen LogP contribution in [0.3, 0.4) is 0 Å². The third kappa shape index (κ3) is 6.51. The number of pyridine rings is 1. The molecule has 0 radical (unpaired) electrons. The molecule has 33 heavy (non-hydrogen) atoms. The van der Waals surface area contributed by atoms with E-state index in [-0.39, 0.29) is 11.7 Å². The summed E-state index contributed by atoms with van der Waals surface area (Å²) in [5, 5.41) is 0. The normalized spacial score (nSPS) is 20.4. The first-order chi connectivity index (χ1) is 16.1. The van der Waals surface area contributed by atoms with Crippen LogP contribution in [0.15, 0.2) is 41.2 Å². The number of nitrogens with one attached hydrogen (secondary N) is 1. The van der Waals surface area contributed by atoms with Gasteiger partial charge in [-0.05, 0) is 43.9 Å². The summed E-state index contributed by atoms with van der Waals surface area (Å²) in [6.45, 7) is 6.60. The minimum Gasteiger partial charge on any atom is -0.488 e. The molecule has 0 bridgehead atoms. The van der Waals surface area contributed by atoms with Crippen molar-refractivity contribution in [3.63, 3.8) is 0 Å². The summed E-state index contributed by atoms with van der Waals surface area (Å²) in [5.74, 6) is 1.80. The van der Waals surface area contributed by atoms with Crippen molar-refractivity contribution in [2.24, 2.45) is 0 Å². The first-order valence-electron chi connectivity index (χ1n) is 12.2. The second-order valence-corrected chi connectivity index (χ2v) is 9.12. The summed E-state index contributed by atoms with van der Waals surface area (Å²) in [6.07, 6.45) is 5.66. The van der Waals surface area contributed by atoms with Gasteiger partial charge in [0.15, 0.2) is 0 Å². The van der Waals surface area contributed by atoms with Gasteiger partial charge in [0.25, 0.3) is 5.56 Å². The molecule has 3 heterocycles. The molecule has 1 aromatic heterocycles. The first kappa shape index (κ1) is 23.6. The van der Waals surface area contributed by atoms with Gasteiger partial charge in [0.1, 0.15) is 17.7 Å². The fourth-order valence-electron chi connectivity index (χ4n) is 4.86. The van der Waals surface area contributed by atoms with E-state index in [9.17, 15) is 4.79 Å². The summed E-state index contributed by atoms with van der Waals surface area (Å²) in [7, 11) is 1.69. The van der Waals surface area contributed by atoms with E-state index in [0.717, 1.165) is 56.2 Å². The Balaban J connectivity index is 1.50. The quantitative estimate of drug-likeness (QED) is 0.656. The molecule has 1 unspecified atom stereocenters. The minimum atomic E-state index is -0.0383. The van der Waals surface area contributed by atoms with Crippen molar-refractivity contribution in [2.45, 2.75) is 51.2 Å². The number of aromatic amines is 1. The molecule has 7 heteroatoms. The fraction of sp³-hybridized carbons (Fsp3) is 0.577. The molecule has 2 aliphatic rings. The highest BCUT2D eigenvalue weighted by Crippen LogP contribution is 2.28. The number of benzene rings is 1. The zero-order chi connectivity index (χ0) is 23.0. The smallest absolute Gasteiger partial charge is 0.251 e. The van der Waals surface area contributed by atoms with Gasteiger partial charge in [-0.15, -0.1) is 0 Å². The van der Waals surface area contributed by atoms with E-state index in [0.29, 0.717) is 25.9 Å². The molecule has 2 saturated heterocycles. The van der Waals surface area contributed by atoms with Crippen molar-refractivity contribution >= 4 is 11.5 Å². The van der Waals surface area contributed by atoms with Gasteiger partial charge in [-0.25, -0.2) is 0 Å². The van der Waals surface area contributed by atoms with E-state index in [1.165, 1.54) is 18.4 Å². The van der Waals surface area contributed by atoms with Crippen LogP contribution in [0.2, 0.25) is 0 Å². The number of methoxy groups -OCH3 is 1. The monoisotopic (exact) mass is 455 g/mol. The number of aromatic nitrogens is 1. The topological polar surface area (TPSA) is 67.0 Å². The lowest BCUT2D eigenvalue weighted by atomic mass is 10.0. The number of morpholine rings is 1. The molecule has 0 spiro atoms. The molecule has 2 aliphatic heterocycles. The maximum Gasteiger partial charge on any atom is 0.251 e. The SMILES string of the molecule is COC[C@@H](C)Oc1ccc(CC2CCCCCN2c2cc(N3CCOCC3)cc(=O)[nH]2)cc1. The number of anilines is 2. The third-order valence-electron chi connectivity index (χ3n) is 6.51. The van der Waals surface area contributed by atoms with E-state index < -0.39 is 0 Å². The molecule has 0 amide bonds. The van der Waals surface area contributed by atoms with Crippen LogP contribution in [-0.4, -0.2) is 63.7 Å². The van der Waals surface area contributed by atoms with Crippen molar-refractivity contribution in [1.82, 2.24) is 4.98 Å². The average molecular weight is 456 g/mol. The Labute approximate surface area is 196 Å². The third-order valence-corrected chi connectivity index (χ3v) is 6.51. The Morgan fingerprint density at radius 2 is 1.88 bits per heavy atom. The van der Waals surface area contributed by atoms with Gasteiger partial charge in [-0.3, -0.25) is 4.79 Å². The molecule has 0 saturated carbocycles. The van der Waals surface area contributed by atoms with Crippen molar-refractivity contribution in [3.05, 3.63) is 52.3 Å². The number of hydrogen-bond acceptors (Lipinski definition) is 6. The number of ether oxygens (including phenoxy) is 3. The highest BCUT2D eigenvalue weighted by atomic mass is 16.5. The maximum absolute atomic E-state index is 12.6. The largest absolute Gasteiger partial charge is 0.488 e. The van der Waals surface area contributed by atoms with E-state index in [1.54, 1.807) is 13.2 Å². The van der Waals surface area contributed by atoms with Crippen LogP contribution in [0, 0.1) is 0 Å². The van der Waals surface area contributed by atoms with E-state index in [1.807, 2.05) is 19.1 Å². The predicted molar refractivity (Wildman–Crippen MR) is 132 cm³/mol. The summed E-state index contributed by atoms with van der Waals surface area (Å²) in [4.78, 5) is 20.3. The highest BCUT2D eigenvalue weighted by molar-refractivity contribution is 5.56. The molecule has 0 aliphatic carbocycles. The Kier molecular flexibility index (Phi) is 8.29. The van der Waals surface area contributed by atoms with E-state index in [4.69, 9.17) is 14.2 Å². The Morgan fingerprint density at radius 3 is 2.64 bits per heavy atom. The minimum absolute atomic E-state index is 0.0220. The number of nitrogens with zero attached hydrogens (tertiary/aromatic N) is 2. The lowest BCUT2D eigenvalue weighted by Gasteiger charge is -2.34. The van der Waals surface area contributed by atoms with Gasteiger partial charge in [0.05, 0.1) is 19.8 Å². The van der Waals surface area contributed by atoms with Crippen LogP contribution in [0.25, 0.3) is 0 Å². The van der Waals surface area contributed by atoms with Crippen LogP contribution in [-0.2, 0) is 15.9 Å². The Hall–Kier alpha value is -2.51. The zero-order valence-electron chi connectivity index (χ0n) is 19.9. The summed E-state index contributed by atoms with van der Waals surface area (Å²) < 4.78 is 16.5. The molecule has 2 fully saturated rings. The van der Waals surface area contributed by atoms with E-state index in [2.05, 4.69) is 33.0 Å². The summed E-state index contributed by atoms with van der Waals surface area (Å²) >= 11 is 0. The summed E-state index contributed by atoms with van der Waals surface area (Å²) in [5.41, 5.74) is 2.24. The molecule has 180 valence electrons. The lowest BCUT2D eigenvalue weighted by Crippen LogP contribution is -2.39. The molecule has 4 rings (SSSR count). The molecule has 2 aromatic rings. The Bertz CT molecular complexity index is 924. The predicted octanol–water partition coefficient (Wildman–Crippen LogP) is 3.62. The molecular weight excluding hydrogens is 418 g/mol. The van der Waals surface area contributed by atoms with Crippen molar-refractivity contribution < 1.29 is 14.2 Å².